The van der Waals surface area contributed by atoms with Gasteiger partial charge < -0.3 is 9.26 Å². The van der Waals surface area contributed by atoms with E-state index in [0.29, 0.717) is 6.61 Å². The van der Waals surface area contributed by atoms with E-state index in [1.54, 1.807) is 13.0 Å². The first kappa shape index (κ1) is 9.77. The van der Waals surface area contributed by atoms with Crippen LogP contribution in [0.3, 0.4) is 0 Å². The zero-order valence-electron chi connectivity index (χ0n) is 8.03. The van der Waals surface area contributed by atoms with Crippen molar-refractivity contribution in [3.8, 4) is 0 Å². The summed E-state index contributed by atoms with van der Waals surface area (Å²) in [6.07, 6.45) is 0. The second kappa shape index (κ2) is 4.07. The van der Waals surface area contributed by atoms with E-state index in [0.717, 1.165) is 5.69 Å². The molecular formula is C9H13NO3. The van der Waals surface area contributed by atoms with E-state index < -0.39 is 5.97 Å². The van der Waals surface area contributed by atoms with Crippen molar-refractivity contribution in [1.29, 1.82) is 0 Å². The molecule has 0 atom stereocenters. The quantitative estimate of drug-likeness (QED) is 0.672. The fourth-order valence-corrected chi connectivity index (χ4v) is 0.859. The van der Waals surface area contributed by atoms with E-state index in [-0.39, 0.29) is 11.7 Å². The number of ether oxygens (including phenoxy) is 1. The Bertz CT molecular complexity index is 291. The maximum absolute atomic E-state index is 11.1. The third-order valence-electron chi connectivity index (χ3n) is 1.60. The first-order valence-electron chi connectivity index (χ1n) is 4.29. The van der Waals surface area contributed by atoms with Crippen LogP contribution in [-0.4, -0.2) is 17.7 Å². The summed E-state index contributed by atoms with van der Waals surface area (Å²) in [6, 6.07) is 1.61. The highest BCUT2D eigenvalue weighted by atomic mass is 16.6. The smallest absolute Gasteiger partial charge is 0.377 e. The Morgan fingerprint density at radius 3 is 2.85 bits per heavy atom. The third kappa shape index (κ3) is 2.31. The Kier molecular flexibility index (Phi) is 3.06. The van der Waals surface area contributed by atoms with Gasteiger partial charge in [0, 0.05) is 6.07 Å². The summed E-state index contributed by atoms with van der Waals surface area (Å²) in [5, 5.41) is 3.74. The predicted molar refractivity (Wildman–Crippen MR) is 46.5 cm³/mol. The number of nitrogens with zero attached hydrogens (tertiary/aromatic N) is 1. The highest BCUT2D eigenvalue weighted by Gasteiger charge is 2.14. The van der Waals surface area contributed by atoms with Crippen LogP contribution in [-0.2, 0) is 4.74 Å². The lowest BCUT2D eigenvalue weighted by Crippen LogP contribution is -2.02. The van der Waals surface area contributed by atoms with E-state index in [4.69, 9.17) is 9.26 Å². The van der Waals surface area contributed by atoms with Gasteiger partial charge in [-0.05, 0) is 12.8 Å². The van der Waals surface area contributed by atoms with Crippen LogP contribution in [0, 0.1) is 0 Å². The Hall–Kier alpha value is -1.32. The van der Waals surface area contributed by atoms with Crippen molar-refractivity contribution in [3.05, 3.63) is 17.5 Å². The summed E-state index contributed by atoms with van der Waals surface area (Å²) >= 11 is 0. The van der Waals surface area contributed by atoms with Crippen molar-refractivity contribution in [3.63, 3.8) is 0 Å². The molecule has 0 unspecified atom stereocenters. The van der Waals surface area contributed by atoms with Crippen LogP contribution >= 0.6 is 0 Å². The fraction of sp³-hybridized carbons (Fsp3) is 0.556. The molecule has 4 nitrogen and oxygen atoms in total. The van der Waals surface area contributed by atoms with Crippen molar-refractivity contribution in [2.45, 2.75) is 26.7 Å². The zero-order chi connectivity index (χ0) is 9.84. The molecule has 0 bridgehead atoms. The maximum atomic E-state index is 11.1. The van der Waals surface area contributed by atoms with E-state index in [1.165, 1.54) is 0 Å². The van der Waals surface area contributed by atoms with Gasteiger partial charge >= 0.3 is 5.97 Å². The van der Waals surface area contributed by atoms with Gasteiger partial charge in [0.1, 0.15) is 0 Å². The summed E-state index contributed by atoms with van der Waals surface area (Å²) in [4.78, 5) is 11.1. The lowest BCUT2D eigenvalue weighted by molar-refractivity contribution is 0.0479. The van der Waals surface area contributed by atoms with E-state index in [9.17, 15) is 4.79 Å². The van der Waals surface area contributed by atoms with Gasteiger partial charge in [-0.15, -0.1) is 0 Å². The van der Waals surface area contributed by atoms with Crippen LogP contribution in [0.1, 0.15) is 42.9 Å². The number of carbonyl (C=O) groups is 1. The molecule has 72 valence electrons. The Morgan fingerprint density at radius 1 is 1.69 bits per heavy atom. The van der Waals surface area contributed by atoms with Crippen LogP contribution in [0.2, 0.25) is 0 Å². The highest BCUT2D eigenvalue weighted by molar-refractivity contribution is 5.86. The highest BCUT2D eigenvalue weighted by Crippen LogP contribution is 2.14. The van der Waals surface area contributed by atoms with Crippen molar-refractivity contribution in [2.75, 3.05) is 6.61 Å². The van der Waals surface area contributed by atoms with Gasteiger partial charge in [0.25, 0.3) is 0 Å². The molecule has 0 N–H and O–H groups in total. The molecule has 1 aromatic heterocycles. The second-order valence-corrected chi connectivity index (χ2v) is 2.99. The molecule has 0 aliphatic carbocycles. The largest absolute Gasteiger partial charge is 0.460 e. The Balaban J connectivity index is 2.73. The molecule has 0 saturated carbocycles. The van der Waals surface area contributed by atoms with E-state index in [2.05, 4.69) is 5.16 Å². The van der Waals surface area contributed by atoms with Gasteiger partial charge in [-0.25, -0.2) is 4.79 Å². The van der Waals surface area contributed by atoms with Crippen molar-refractivity contribution in [1.82, 2.24) is 5.16 Å². The summed E-state index contributed by atoms with van der Waals surface area (Å²) < 4.78 is 9.56. The first-order chi connectivity index (χ1) is 6.15. The molecule has 4 heteroatoms. The van der Waals surface area contributed by atoms with Crippen LogP contribution in [0.15, 0.2) is 10.6 Å². The maximum Gasteiger partial charge on any atom is 0.377 e. The molecule has 0 aromatic carbocycles. The fourth-order valence-electron chi connectivity index (χ4n) is 0.859. The molecular weight excluding hydrogens is 170 g/mol. The minimum Gasteiger partial charge on any atom is -0.460 e. The molecule has 0 aliphatic rings. The second-order valence-electron chi connectivity index (χ2n) is 2.99. The van der Waals surface area contributed by atoms with Crippen LogP contribution < -0.4 is 0 Å². The molecule has 1 heterocycles. The standard InChI is InChI=1S/C9H13NO3/c1-4-12-9(11)8-5-7(6(2)3)10-13-8/h5-6H,4H2,1-3H3. The van der Waals surface area contributed by atoms with Gasteiger partial charge in [0.05, 0.1) is 12.3 Å². The molecule has 0 spiro atoms. The number of hydrogen-bond donors (Lipinski definition) is 0. The number of aromatic nitrogens is 1. The van der Waals surface area contributed by atoms with Crippen LogP contribution in [0.25, 0.3) is 0 Å². The average molecular weight is 183 g/mol. The van der Waals surface area contributed by atoms with Crippen LogP contribution in [0.5, 0.6) is 0 Å². The molecule has 1 rings (SSSR count). The van der Waals surface area contributed by atoms with Gasteiger partial charge in [0.2, 0.25) is 5.76 Å². The monoisotopic (exact) mass is 183 g/mol. The summed E-state index contributed by atoms with van der Waals surface area (Å²) in [5.74, 6) is -0.0284. The molecule has 1 aromatic rings. The summed E-state index contributed by atoms with van der Waals surface area (Å²) in [6.45, 7) is 6.05. The average Bonchev–Trinajstić information content (AvgIpc) is 2.52. The van der Waals surface area contributed by atoms with Crippen molar-refractivity contribution >= 4 is 5.97 Å². The molecule has 13 heavy (non-hydrogen) atoms. The Labute approximate surface area is 76.9 Å². The van der Waals surface area contributed by atoms with E-state index in [1.807, 2.05) is 13.8 Å². The molecule has 0 fully saturated rings. The minimum absolute atomic E-state index is 0.172. The molecule has 0 saturated heterocycles. The van der Waals surface area contributed by atoms with Gasteiger partial charge in [-0.1, -0.05) is 19.0 Å². The van der Waals surface area contributed by atoms with E-state index >= 15 is 0 Å². The minimum atomic E-state index is -0.457. The molecule has 0 radical (unpaired) electrons. The number of esters is 1. The van der Waals surface area contributed by atoms with Crippen molar-refractivity contribution < 1.29 is 14.1 Å². The molecule has 0 aliphatic heterocycles. The van der Waals surface area contributed by atoms with Gasteiger partial charge in [-0.2, -0.15) is 0 Å². The number of hydrogen-bond acceptors (Lipinski definition) is 4. The third-order valence-corrected chi connectivity index (χ3v) is 1.60. The Morgan fingerprint density at radius 2 is 2.38 bits per heavy atom. The van der Waals surface area contributed by atoms with Gasteiger partial charge in [-0.3, -0.25) is 0 Å². The molecule has 0 amide bonds. The first-order valence-corrected chi connectivity index (χ1v) is 4.29. The number of rotatable bonds is 3. The predicted octanol–water partition coefficient (Wildman–Crippen LogP) is 1.97. The normalized spacial score (nSPS) is 10.5. The zero-order valence-corrected chi connectivity index (χ0v) is 8.03. The summed E-state index contributed by atoms with van der Waals surface area (Å²) in [7, 11) is 0. The lowest BCUT2D eigenvalue weighted by Gasteiger charge is -1.95. The lowest BCUT2D eigenvalue weighted by atomic mass is 10.1. The topological polar surface area (TPSA) is 52.3 Å². The summed E-state index contributed by atoms with van der Waals surface area (Å²) in [5.41, 5.74) is 0.767. The number of carbonyl (C=O) groups excluding carboxylic acids is 1. The van der Waals surface area contributed by atoms with Crippen LogP contribution in [0.4, 0.5) is 0 Å². The van der Waals surface area contributed by atoms with Crippen molar-refractivity contribution in [2.24, 2.45) is 0 Å². The SMILES string of the molecule is CCOC(=O)c1cc(C(C)C)no1. The van der Waals surface area contributed by atoms with Gasteiger partial charge in [0.15, 0.2) is 0 Å².